The molecule has 1 heterocycles. The first-order chi connectivity index (χ1) is 19.1. The van der Waals surface area contributed by atoms with Crippen LogP contribution >= 0.6 is 34.8 Å². The van der Waals surface area contributed by atoms with Gasteiger partial charge in [-0.05, 0) is 60.2 Å². The van der Waals surface area contributed by atoms with E-state index in [0.29, 0.717) is 10.7 Å². The summed E-state index contributed by atoms with van der Waals surface area (Å²) in [5.41, 5.74) is 0.590. The predicted octanol–water partition coefficient (Wildman–Crippen LogP) is 5.12. The molecular formula is C27H18Cl3N3O7. The maximum atomic E-state index is 13.2. The van der Waals surface area contributed by atoms with E-state index < -0.39 is 36.3 Å². The quantitative estimate of drug-likeness (QED) is 0.218. The van der Waals surface area contributed by atoms with Gasteiger partial charge in [-0.15, -0.1) is 0 Å². The van der Waals surface area contributed by atoms with Gasteiger partial charge in [0.25, 0.3) is 17.7 Å². The van der Waals surface area contributed by atoms with Crippen molar-refractivity contribution in [2.75, 3.05) is 23.9 Å². The lowest BCUT2D eigenvalue weighted by Gasteiger charge is -2.26. The summed E-state index contributed by atoms with van der Waals surface area (Å²) in [7, 11) is 1.22. The monoisotopic (exact) mass is 601 g/mol. The van der Waals surface area contributed by atoms with E-state index in [1.54, 1.807) is 24.3 Å². The number of amides is 5. The van der Waals surface area contributed by atoms with Gasteiger partial charge in [0.1, 0.15) is 5.57 Å². The van der Waals surface area contributed by atoms with Crippen LogP contribution < -0.4 is 20.3 Å². The maximum Gasteiger partial charge on any atom is 0.337 e. The maximum absolute atomic E-state index is 13.2. The first-order valence-electron chi connectivity index (χ1n) is 11.3. The van der Waals surface area contributed by atoms with Crippen LogP contribution in [0.2, 0.25) is 15.1 Å². The van der Waals surface area contributed by atoms with Crippen molar-refractivity contribution < 1.29 is 33.4 Å². The third-order valence-electron chi connectivity index (χ3n) is 5.48. The molecule has 0 atom stereocenters. The Hall–Kier alpha value is -4.38. The van der Waals surface area contributed by atoms with Crippen LogP contribution in [-0.4, -0.2) is 43.4 Å². The molecule has 0 aliphatic carbocycles. The molecule has 1 saturated heterocycles. The van der Waals surface area contributed by atoms with E-state index in [2.05, 4.69) is 15.4 Å². The van der Waals surface area contributed by atoms with Gasteiger partial charge in [-0.1, -0.05) is 46.9 Å². The van der Waals surface area contributed by atoms with Crippen molar-refractivity contribution in [1.29, 1.82) is 0 Å². The van der Waals surface area contributed by atoms with Crippen molar-refractivity contribution in [2.45, 2.75) is 0 Å². The SMILES string of the molecule is COC(=O)c1ccc(N2C(=O)NC(=O)/C(=C/c3cc(Cl)c(OCC(=O)Nc4ccccc4Cl)c(Cl)c3)C2=O)cc1. The van der Waals surface area contributed by atoms with E-state index in [0.717, 1.165) is 4.90 Å². The zero-order valence-electron chi connectivity index (χ0n) is 20.5. The average Bonchev–Trinajstić information content (AvgIpc) is 2.91. The van der Waals surface area contributed by atoms with Gasteiger partial charge in [0.15, 0.2) is 12.4 Å². The molecule has 0 spiro atoms. The zero-order valence-corrected chi connectivity index (χ0v) is 22.8. The first kappa shape index (κ1) is 28.6. The number of urea groups is 1. The number of nitrogens with one attached hydrogen (secondary N) is 2. The predicted molar refractivity (Wildman–Crippen MR) is 149 cm³/mol. The number of hydrogen-bond donors (Lipinski definition) is 2. The van der Waals surface area contributed by atoms with E-state index in [1.807, 2.05) is 0 Å². The number of rotatable bonds is 7. The highest BCUT2D eigenvalue weighted by atomic mass is 35.5. The fraction of sp³-hybridized carbons (Fsp3) is 0.0741. The number of anilines is 2. The summed E-state index contributed by atoms with van der Waals surface area (Å²) in [6.07, 6.45) is 1.20. The Morgan fingerprint density at radius 1 is 0.950 bits per heavy atom. The average molecular weight is 603 g/mol. The van der Waals surface area contributed by atoms with E-state index in [4.69, 9.17) is 39.5 Å². The van der Waals surface area contributed by atoms with Crippen LogP contribution in [0.1, 0.15) is 15.9 Å². The lowest BCUT2D eigenvalue weighted by atomic mass is 10.1. The highest BCUT2D eigenvalue weighted by Crippen LogP contribution is 2.35. The summed E-state index contributed by atoms with van der Waals surface area (Å²) < 4.78 is 10.1. The Labute approximate surface area is 242 Å². The molecule has 1 aliphatic heterocycles. The number of carbonyl (C=O) groups is 5. The molecule has 4 rings (SSSR count). The Morgan fingerprint density at radius 3 is 2.23 bits per heavy atom. The van der Waals surface area contributed by atoms with Crippen LogP contribution in [0.25, 0.3) is 6.08 Å². The largest absolute Gasteiger partial charge is 0.481 e. The number of carbonyl (C=O) groups excluding carboxylic acids is 5. The van der Waals surface area contributed by atoms with Gasteiger partial charge in [0.05, 0.1) is 39.1 Å². The number of hydrogen-bond acceptors (Lipinski definition) is 7. The van der Waals surface area contributed by atoms with Crippen LogP contribution in [0.3, 0.4) is 0 Å². The fourth-order valence-corrected chi connectivity index (χ4v) is 4.41. The molecule has 0 bridgehead atoms. The minimum Gasteiger partial charge on any atom is -0.481 e. The number of methoxy groups -OCH3 is 1. The number of barbiturate groups is 1. The van der Waals surface area contributed by atoms with E-state index in [9.17, 15) is 24.0 Å². The molecule has 2 N–H and O–H groups in total. The van der Waals surface area contributed by atoms with Gasteiger partial charge in [-0.3, -0.25) is 19.7 Å². The number of ether oxygens (including phenoxy) is 2. The second-order valence-corrected chi connectivity index (χ2v) is 9.35. The summed E-state index contributed by atoms with van der Waals surface area (Å²) in [5, 5.41) is 5.05. The molecule has 3 aromatic rings. The molecular weight excluding hydrogens is 585 g/mol. The lowest BCUT2D eigenvalue weighted by Crippen LogP contribution is -2.54. The number of halogens is 3. The van der Waals surface area contributed by atoms with Gasteiger partial charge >= 0.3 is 12.0 Å². The molecule has 1 aliphatic rings. The molecule has 40 heavy (non-hydrogen) atoms. The standard InChI is InChI=1S/C27H18Cl3N3O7/c1-39-26(37)15-6-8-16(9-7-15)33-25(36)17(24(35)32-27(33)38)10-14-11-19(29)23(20(30)12-14)40-13-22(34)31-21-5-3-2-4-18(21)28/h2-12H,13H2,1H3,(H,31,34)(H,32,35,38)/b17-10-. The molecule has 10 nitrogen and oxygen atoms in total. The van der Waals surface area contributed by atoms with Crippen molar-refractivity contribution >= 4 is 82.0 Å². The van der Waals surface area contributed by atoms with E-state index in [1.165, 1.54) is 49.6 Å². The molecule has 0 aromatic heterocycles. The Balaban J connectivity index is 1.52. The van der Waals surface area contributed by atoms with Crippen molar-refractivity contribution in [3.8, 4) is 5.75 Å². The van der Waals surface area contributed by atoms with Gasteiger partial charge in [0.2, 0.25) is 0 Å². The summed E-state index contributed by atoms with van der Waals surface area (Å²) in [6, 6.07) is 13.9. The molecule has 5 amide bonds. The number of esters is 1. The van der Waals surface area contributed by atoms with Crippen LogP contribution in [0, 0.1) is 0 Å². The molecule has 0 unspecified atom stereocenters. The smallest absolute Gasteiger partial charge is 0.337 e. The second-order valence-electron chi connectivity index (χ2n) is 8.13. The summed E-state index contributed by atoms with van der Waals surface area (Å²) in [4.78, 5) is 62.8. The normalized spacial score (nSPS) is 14.2. The first-order valence-corrected chi connectivity index (χ1v) is 12.5. The van der Waals surface area contributed by atoms with Crippen LogP contribution in [0.15, 0.2) is 66.2 Å². The topological polar surface area (TPSA) is 131 Å². The summed E-state index contributed by atoms with van der Waals surface area (Å²) in [6.45, 7) is -0.433. The minimum absolute atomic E-state index is 0.000100. The highest BCUT2D eigenvalue weighted by molar-refractivity contribution is 6.40. The fourth-order valence-electron chi connectivity index (χ4n) is 3.61. The van der Waals surface area contributed by atoms with Crippen molar-refractivity contribution in [1.82, 2.24) is 5.32 Å². The van der Waals surface area contributed by atoms with Gasteiger partial charge < -0.3 is 14.8 Å². The highest BCUT2D eigenvalue weighted by Gasteiger charge is 2.37. The third kappa shape index (κ3) is 6.26. The van der Waals surface area contributed by atoms with Crippen molar-refractivity contribution in [3.05, 3.63) is 92.4 Å². The molecule has 0 saturated carbocycles. The second kappa shape index (κ2) is 12.2. The van der Waals surface area contributed by atoms with Crippen molar-refractivity contribution in [3.63, 3.8) is 0 Å². The Morgan fingerprint density at radius 2 is 1.60 bits per heavy atom. The van der Waals surface area contributed by atoms with E-state index >= 15 is 0 Å². The summed E-state index contributed by atoms with van der Waals surface area (Å²) >= 11 is 18.7. The molecule has 3 aromatic carbocycles. The van der Waals surface area contributed by atoms with Gasteiger partial charge in [-0.2, -0.15) is 0 Å². The van der Waals surface area contributed by atoms with Crippen LogP contribution in [0.4, 0.5) is 16.2 Å². The van der Waals surface area contributed by atoms with Gasteiger partial charge in [0, 0.05) is 0 Å². The van der Waals surface area contributed by atoms with Crippen LogP contribution in [-0.2, 0) is 19.1 Å². The number of imide groups is 2. The van der Waals surface area contributed by atoms with Crippen molar-refractivity contribution in [2.24, 2.45) is 0 Å². The zero-order chi connectivity index (χ0) is 29.0. The molecule has 204 valence electrons. The summed E-state index contributed by atoms with van der Waals surface area (Å²) in [5.74, 6) is -2.95. The molecule has 13 heteroatoms. The minimum atomic E-state index is -0.965. The van der Waals surface area contributed by atoms with Crippen LogP contribution in [0.5, 0.6) is 5.75 Å². The number of para-hydroxylation sites is 1. The Kier molecular flexibility index (Phi) is 8.73. The van der Waals surface area contributed by atoms with Gasteiger partial charge in [-0.25, -0.2) is 14.5 Å². The van der Waals surface area contributed by atoms with E-state index in [-0.39, 0.29) is 38.2 Å². The number of benzene rings is 3. The number of nitrogens with zero attached hydrogens (tertiary/aromatic N) is 1. The lowest BCUT2D eigenvalue weighted by molar-refractivity contribution is -0.122. The molecule has 0 radical (unpaired) electrons. The molecule has 1 fully saturated rings. The third-order valence-corrected chi connectivity index (χ3v) is 6.37. The Bertz CT molecular complexity index is 1550.